The molecule has 0 bridgehead atoms. The Morgan fingerprint density at radius 1 is 0.833 bits per heavy atom. The lowest BCUT2D eigenvalue weighted by Crippen LogP contribution is -2.06. The third kappa shape index (κ3) is 18.0. The lowest BCUT2D eigenvalue weighted by molar-refractivity contribution is -0.135. The molecule has 0 saturated heterocycles. The second-order valence-corrected chi connectivity index (χ2v) is 5.70. The lowest BCUT2D eigenvalue weighted by atomic mass is 10.1. The van der Waals surface area contributed by atoms with Crippen LogP contribution in [-0.4, -0.2) is 24.9 Å². The van der Waals surface area contributed by atoms with Gasteiger partial charge >= 0.3 is 6.18 Å². The van der Waals surface area contributed by atoms with E-state index in [1.165, 1.54) is 0 Å². The van der Waals surface area contributed by atoms with Crippen molar-refractivity contribution < 1.29 is 26.1 Å². The van der Waals surface area contributed by atoms with E-state index in [-0.39, 0.29) is 18.3 Å². The Bertz CT molecular complexity index is 291. The van der Waals surface area contributed by atoms with Gasteiger partial charge in [-0.05, 0) is 12.8 Å². The van der Waals surface area contributed by atoms with Crippen molar-refractivity contribution in [3.05, 3.63) is 0 Å². The van der Waals surface area contributed by atoms with E-state index in [9.17, 15) is 21.6 Å². The smallest absolute Gasteiger partial charge is 0.344 e. The number of rotatable bonds is 9. The Morgan fingerprint density at radius 2 is 1.22 bits per heavy atom. The average Bonchev–Trinajstić information content (AvgIpc) is 2.11. The minimum Gasteiger partial charge on any atom is -0.344 e. The molecule has 4 nitrogen and oxygen atoms in total. The van der Waals surface area contributed by atoms with Crippen LogP contribution in [0.15, 0.2) is 0 Å². The van der Waals surface area contributed by atoms with Gasteiger partial charge in [0.25, 0.3) is 10.1 Å². The monoisotopic (exact) mass is 293 g/mol. The topological polar surface area (TPSA) is 89.4 Å². The summed E-state index contributed by atoms with van der Waals surface area (Å²) < 4.78 is 64.4. The largest absolute Gasteiger partial charge is 0.389 e. The van der Waals surface area contributed by atoms with Crippen molar-refractivity contribution >= 4 is 10.1 Å². The third-order valence-corrected chi connectivity index (χ3v) is 3.17. The zero-order valence-electron chi connectivity index (χ0n) is 10.4. The molecule has 0 aromatic rings. The van der Waals surface area contributed by atoms with E-state index < -0.39 is 22.7 Å². The molecule has 0 aromatic heterocycles. The van der Waals surface area contributed by atoms with Crippen molar-refractivity contribution in [1.29, 1.82) is 0 Å². The van der Waals surface area contributed by atoms with Gasteiger partial charge in [-0.2, -0.15) is 21.6 Å². The summed E-state index contributed by atoms with van der Waals surface area (Å²) in [7, 11) is -3.87. The minimum atomic E-state index is -4.06. The molecule has 8 heteroatoms. The fraction of sp³-hybridized carbons (Fsp3) is 1.00. The average molecular weight is 293 g/mol. The Balaban J connectivity index is 0. The van der Waals surface area contributed by atoms with E-state index in [1.54, 1.807) is 0 Å². The molecule has 18 heavy (non-hydrogen) atoms. The Hall–Kier alpha value is -0.340. The van der Waals surface area contributed by atoms with Crippen LogP contribution in [0.1, 0.15) is 51.4 Å². The summed E-state index contributed by atoms with van der Waals surface area (Å²) in [5.74, 6) is -0.235. The highest BCUT2D eigenvalue weighted by Crippen LogP contribution is 2.23. The molecule has 0 aromatic carbocycles. The summed E-state index contributed by atoms with van der Waals surface area (Å²) in [6.45, 7) is 0. The van der Waals surface area contributed by atoms with Crippen LogP contribution in [0.3, 0.4) is 0 Å². The van der Waals surface area contributed by atoms with Crippen molar-refractivity contribution in [3.8, 4) is 0 Å². The van der Waals surface area contributed by atoms with Crippen LogP contribution in [-0.2, 0) is 10.1 Å². The first-order chi connectivity index (χ1) is 7.71. The van der Waals surface area contributed by atoms with Crippen LogP contribution in [0.5, 0.6) is 0 Å². The van der Waals surface area contributed by atoms with Crippen molar-refractivity contribution in [2.75, 3.05) is 5.75 Å². The van der Waals surface area contributed by atoms with E-state index in [2.05, 4.69) is 0 Å². The standard InChI is InChI=1S/C10H19F3O3S.H3N/c11-10(12,13)8-6-4-2-1-3-5-7-9-17(14,15)16;/h1-9H2,(H,14,15,16);1H3. The van der Waals surface area contributed by atoms with Gasteiger partial charge in [0.05, 0.1) is 5.75 Å². The van der Waals surface area contributed by atoms with Gasteiger partial charge in [0.2, 0.25) is 0 Å². The predicted octanol–water partition coefficient (Wildman–Crippen LogP) is 3.72. The van der Waals surface area contributed by atoms with Crippen molar-refractivity contribution in [3.63, 3.8) is 0 Å². The molecule has 0 aliphatic rings. The van der Waals surface area contributed by atoms with Gasteiger partial charge < -0.3 is 6.15 Å². The maximum atomic E-state index is 11.8. The number of hydrogen-bond donors (Lipinski definition) is 2. The van der Waals surface area contributed by atoms with Crippen LogP contribution in [0.4, 0.5) is 13.2 Å². The first-order valence-electron chi connectivity index (χ1n) is 5.73. The molecular weight excluding hydrogens is 271 g/mol. The van der Waals surface area contributed by atoms with Crippen LogP contribution >= 0.6 is 0 Å². The summed E-state index contributed by atoms with van der Waals surface area (Å²) in [5.41, 5.74) is 0. The molecule has 0 aliphatic heterocycles. The molecule has 0 radical (unpaired) electrons. The van der Waals surface area contributed by atoms with Crippen molar-refractivity contribution in [2.24, 2.45) is 0 Å². The summed E-state index contributed by atoms with van der Waals surface area (Å²) in [6, 6.07) is 0. The Labute approximate surface area is 106 Å². The SMILES string of the molecule is N.O=S(=O)(O)CCCCCCCCCC(F)(F)F. The maximum absolute atomic E-state index is 11.8. The fourth-order valence-corrected chi connectivity index (χ4v) is 2.06. The quantitative estimate of drug-likeness (QED) is 0.501. The molecule has 0 heterocycles. The normalized spacial score (nSPS) is 12.2. The van der Waals surface area contributed by atoms with Gasteiger partial charge in [0, 0.05) is 6.42 Å². The number of hydrogen-bond acceptors (Lipinski definition) is 3. The first kappa shape index (κ1) is 20.0. The van der Waals surface area contributed by atoms with Crippen molar-refractivity contribution in [2.45, 2.75) is 57.5 Å². The van der Waals surface area contributed by atoms with E-state index in [0.717, 1.165) is 19.3 Å². The number of halogens is 3. The first-order valence-corrected chi connectivity index (χ1v) is 7.33. The van der Waals surface area contributed by atoms with Crippen LogP contribution in [0.2, 0.25) is 0 Å². The molecule has 0 aliphatic carbocycles. The Morgan fingerprint density at radius 3 is 1.61 bits per heavy atom. The third-order valence-electron chi connectivity index (χ3n) is 2.36. The van der Waals surface area contributed by atoms with Gasteiger partial charge in [-0.15, -0.1) is 0 Å². The molecule has 0 fully saturated rings. The molecule has 112 valence electrons. The van der Waals surface area contributed by atoms with Gasteiger partial charge in [0.15, 0.2) is 0 Å². The van der Waals surface area contributed by atoms with Crippen molar-refractivity contribution in [1.82, 2.24) is 6.15 Å². The number of unbranched alkanes of at least 4 members (excludes halogenated alkanes) is 6. The minimum absolute atomic E-state index is 0. The van der Waals surface area contributed by atoms with Crippen LogP contribution in [0, 0.1) is 0 Å². The van der Waals surface area contributed by atoms with Gasteiger partial charge in [-0.3, -0.25) is 4.55 Å². The highest BCUT2D eigenvalue weighted by atomic mass is 32.2. The zero-order valence-corrected chi connectivity index (χ0v) is 11.2. The molecule has 0 spiro atoms. The van der Waals surface area contributed by atoms with Crippen LogP contribution < -0.4 is 6.15 Å². The van der Waals surface area contributed by atoms with E-state index in [1.807, 2.05) is 0 Å². The van der Waals surface area contributed by atoms with E-state index in [4.69, 9.17) is 4.55 Å². The lowest BCUT2D eigenvalue weighted by Gasteiger charge is -2.05. The van der Waals surface area contributed by atoms with Gasteiger partial charge in [-0.1, -0.05) is 32.1 Å². The second-order valence-electron chi connectivity index (χ2n) is 4.13. The molecule has 0 rings (SSSR count). The highest BCUT2D eigenvalue weighted by Gasteiger charge is 2.25. The molecule has 4 N–H and O–H groups in total. The molecule has 0 atom stereocenters. The summed E-state index contributed by atoms with van der Waals surface area (Å²) >= 11 is 0. The van der Waals surface area contributed by atoms with E-state index >= 15 is 0 Å². The molecule has 0 unspecified atom stereocenters. The second kappa shape index (κ2) is 9.57. The highest BCUT2D eigenvalue weighted by molar-refractivity contribution is 7.85. The molecule has 0 saturated carbocycles. The Kier molecular flexibility index (Phi) is 10.6. The molecular formula is C10H22F3NO3S. The summed E-state index contributed by atoms with van der Waals surface area (Å²) in [4.78, 5) is 0. The number of alkyl halides is 3. The van der Waals surface area contributed by atoms with E-state index in [0.29, 0.717) is 19.3 Å². The zero-order chi connectivity index (χ0) is 13.4. The van der Waals surface area contributed by atoms with Gasteiger partial charge in [0.1, 0.15) is 0 Å². The summed E-state index contributed by atoms with van der Waals surface area (Å²) in [5, 5.41) is 0. The fourth-order valence-electron chi connectivity index (χ4n) is 1.49. The summed E-state index contributed by atoms with van der Waals surface area (Å²) in [6.07, 6.45) is -0.648. The van der Waals surface area contributed by atoms with Gasteiger partial charge in [-0.25, -0.2) is 0 Å². The predicted molar refractivity (Wildman–Crippen MR) is 64.4 cm³/mol. The van der Waals surface area contributed by atoms with Crippen LogP contribution in [0.25, 0.3) is 0 Å². The molecule has 0 amide bonds. The maximum Gasteiger partial charge on any atom is 0.389 e.